The van der Waals surface area contributed by atoms with Gasteiger partial charge in [-0.25, -0.2) is 4.98 Å². The molecule has 0 bridgehead atoms. The van der Waals surface area contributed by atoms with Crippen LogP contribution in [0.3, 0.4) is 0 Å². The molecule has 0 radical (unpaired) electrons. The Balaban J connectivity index is 2.36. The average molecular weight is 282 g/mol. The zero-order chi connectivity index (χ0) is 14.8. The van der Waals surface area contributed by atoms with E-state index in [0.717, 1.165) is 5.69 Å². The summed E-state index contributed by atoms with van der Waals surface area (Å²) in [6.45, 7) is 5.82. The first-order valence-corrected chi connectivity index (χ1v) is 6.63. The Morgan fingerprint density at radius 2 is 2.15 bits per heavy atom. The standard InChI is InChI=1S/C13H22N4O3/c1-4-20-12-9-10(2)16-13(17-12)15-6-5-11(18)14-7-8-19-3/h9H,4-8H2,1-3H3,(H,14,18)(H,15,16,17). The minimum absolute atomic E-state index is 0.0350. The van der Waals surface area contributed by atoms with Crippen LogP contribution in [0.5, 0.6) is 5.88 Å². The average Bonchev–Trinajstić information content (AvgIpc) is 2.39. The fourth-order valence-corrected chi connectivity index (χ4v) is 1.51. The van der Waals surface area contributed by atoms with Gasteiger partial charge in [0.25, 0.3) is 0 Å². The van der Waals surface area contributed by atoms with Gasteiger partial charge in [-0.05, 0) is 13.8 Å². The molecule has 7 heteroatoms. The van der Waals surface area contributed by atoms with Crippen LogP contribution in [0.2, 0.25) is 0 Å². The lowest BCUT2D eigenvalue weighted by molar-refractivity contribution is -0.121. The summed E-state index contributed by atoms with van der Waals surface area (Å²) in [5.41, 5.74) is 0.815. The summed E-state index contributed by atoms with van der Waals surface area (Å²) in [6, 6.07) is 1.77. The molecule has 20 heavy (non-hydrogen) atoms. The lowest BCUT2D eigenvalue weighted by Gasteiger charge is -2.08. The molecule has 2 N–H and O–H groups in total. The highest BCUT2D eigenvalue weighted by Gasteiger charge is 2.04. The van der Waals surface area contributed by atoms with Crippen molar-refractivity contribution in [2.75, 3.05) is 38.7 Å². The molecule has 1 aromatic heterocycles. The largest absolute Gasteiger partial charge is 0.478 e. The third-order valence-corrected chi connectivity index (χ3v) is 2.39. The van der Waals surface area contributed by atoms with E-state index in [1.165, 1.54) is 0 Å². The third-order valence-electron chi connectivity index (χ3n) is 2.39. The third kappa shape index (κ3) is 6.33. The monoisotopic (exact) mass is 282 g/mol. The fraction of sp³-hybridized carbons (Fsp3) is 0.615. The molecule has 1 amide bonds. The fourth-order valence-electron chi connectivity index (χ4n) is 1.51. The van der Waals surface area contributed by atoms with Gasteiger partial charge < -0.3 is 20.1 Å². The van der Waals surface area contributed by atoms with E-state index in [-0.39, 0.29) is 5.91 Å². The SMILES string of the molecule is CCOc1cc(C)nc(NCCC(=O)NCCOC)n1. The molecule has 7 nitrogen and oxygen atoms in total. The van der Waals surface area contributed by atoms with Gasteiger partial charge in [0.05, 0.1) is 13.2 Å². The summed E-state index contributed by atoms with van der Waals surface area (Å²) in [6.07, 6.45) is 0.352. The summed E-state index contributed by atoms with van der Waals surface area (Å²) in [5.74, 6) is 0.970. The molecule has 112 valence electrons. The predicted molar refractivity (Wildman–Crippen MR) is 75.9 cm³/mol. The summed E-state index contributed by atoms with van der Waals surface area (Å²) in [5, 5.41) is 5.75. The second kappa shape index (κ2) is 9.08. The zero-order valence-corrected chi connectivity index (χ0v) is 12.2. The van der Waals surface area contributed by atoms with Crippen LogP contribution in [0, 0.1) is 6.92 Å². The van der Waals surface area contributed by atoms with Gasteiger partial charge in [-0.3, -0.25) is 4.79 Å². The zero-order valence-electron chi connectivity index (χ0n) is 12.2. The van der Waals surface area contributed by atoms with Gasteiger partial charge in [-0.15, -0.1) is 0 Å². The Hall–Kier alpha value is -1.89. The molecule has 1 heterocycles. The Kier molecular flexibility index (Phi) is 7.34. The van der Waals surface area contributed by atoms with Crippen molar-refractivity contribution in [3.8, 4) is 5.88 Å². The maximum absolute atomic E-state index is 11.5. The number of carbonyl (C=O) groups is 1. The van der Waals surface area contributed by atoms with Crippen molar-refractivity contribution in [1.82, 2.24) is 15.3 Å². The highest BCUT2D eigenvalue weighted by molar-refractivity contribution is 5.76. The van der Waals surface area contributed by atoms with Crippen molar-refractivity contribution in [3.63, 3.8) is 0 Å². The van der Waals surface area contributed by atoms with E-state index in [0.29, 0.717) is 44.6 Å². The molecular weight excluding hydrogens is 260 g/mol. The molecule has 0 unspecified atom stereocenters. The first-order chi connectivity index (χ1) is 9.65. The lowest BCUT2D eigenvalue weighted by Crippen LogP contribution is -2.28. The van der Waals surface area contributed by atoms with Gasteiger partial charge in [0.2, 0.25) is 17.7 Å². The predicted octanol–water partition coefficient (Wildman–Crippen LogP) is 0.748. The van der Waals surface area contributed by atoms with Crippen LogP contribution in [0.25, 0.3) is 0 Å². The smallest absolute Gasteiger partial charge is 0.226 e. The van der Waals surface area contributed by atoms with Gasteiger partial charge in [-0.1, -0.05) is 0 Å². The minimum Gasteiger partial charge on any atom is -0.478 e. The van der Waals surface area contributed by atoms with Crippen LogP contribution in [-0.2, 0) is 9.53 Å². The van der Waals surface area contributed by atoms with Crippen LogP contribution < -0.4 is 15.4 Å². The van der Waals surface area contributed by atoms with Crippen molar-refractivity contribution in [2.45, 2.75) is 20.3 Å². The van der Waals surface area contributed by atoms with Crippen molar-refractivity contribution in [1.29, 1.82) is 0 Å². The molecule has 1 aromatic rings. The van der Waals surface area contributed by atoms with Crippen LogP contribution in [-0.4, -0.2) is 49.3 Å². The number of methoxy groups -OCH3 is 1. The highest BCUT2D eigenvalue weighted by atomic mass is 16.5. The molecule has 0 spiro atoms. The maximum atomic E-state index is 11.5. The summed E-state index contributed by atoms with van der Waals surface area (Å²) in [7, 11) is 1.60. The molecule has 0 saturated heterocycles. The van der Waals surface area contributed by atoms with Crippen LogP contribution >= 0.6 is 0 Å². The van der Waals surface area contributed by atoms with Crippen LogP contribution in [0.1, 0.15) is 19.0 Å². The molecule has 0 aliphatic carbocycles. The van der Waals surface area contributed by atoms with Crippen LogP contribution in [0.15, 0.2) is 6.07 Å². The number of hydrogen-bond acceptors (Lipinski definition) is 6. The normalized spacial score (nSPS) is 10.2. The van der Waals surface area contributed by atoms with Gasteiger partial charge >= 0.3 is 0 Å². The lowest BCUT2D eigenvalue weighted by atomic mass is 10.4. The van der Waals surface area contributed by atoms with Gasteiger partial charge in [0, 0.05) is 38.4 Å². The Labute approximate surface area is 119 Å². The van der Waals surface area contributed by atoms with E-state index in [9.17, 15) is 4.79 Å². The Morgan fingerprint density at radius 1 is 1.35 bits per heavy atom. The molecule has 1 rings (SSSR count). The second-order valence-electron chi connectivity index (χ2n) is 4.12. The highest BCUT2D eigenvalue weighted by Crippen LogP contribution is 2.11. The molecule has 0 aliphatic heterocycles. The molecule has 0 fully saturated rings. The number of rotatable bonds is 9. The number of anilines is 1. The van der Waals surface area contributed by atoms with E-state index in [2.05, 4.69) is 20.6 Å². The minimum atomic E-state index is -0.0350. The van der Waals surface area contributed by atoms with Gasteiger partial charge in [0.1, 0.15) is 0 Å². The summed E-state index contributed by atoms with van der Waals surface area (Å²) >= 11 is 0. The number of aromatic nitrogens is 2. The first-order valence-electron chi connectivity index (χ1n) is 6.63. The summed E-state index contributed by atoms with van der Waals surface area (Å²) in [4.78, 5) is 19.9. The van der Waals surface area contributed by atoms with E-state index < -0.39 is 0 Å². The number of nitrogens with zero attached hydrogens (tertiary/aromatic N) is 2. The number of carbonyl (C=O) groups excluding carboxylic acids is 1. The maximum Gasteiger partial charge on any atom is 0.226 e. The van der Waals surface area contributed by atoms with Crippen molar-refractivity contribution >= 4 is 11.9 Å². The summed E-state index contributed by atoms with van der Waals surface area (Å²) < 4.78 is 10.2. The molecular formula is C13H22N4O3. The van der Waals surface area contributed by atoms with Crippen molar-refractivity contribution < 1.29 is 14.3 Å². The van der Waals surface area contributed by atoms with Gasteiger partial charge in [-0.2, -0.15) is 4.98 Å². The molecule has 0 atom stereocenters. The number of hydrogen-bond donors (Lipinski definition) is 2. The number of nitrogens with one attached hydrogen (secondary N) is 2. The molecule has 0 aromatic carbocycles. The van der Waals surface area contributed by atoms with E-state index in [1.54, 1.807) is 13.2 Å². The Bertz CT molecular complexity index is 426. The van der Waals surface area contributed by atoms with E-state index in [4.69, 9.17) is 9.47 Å². The van der Waals surface area contributed by atoms with Crippen molar-refractivity contribution in [2.24, 2.45) is 0 Å². The van der Waals surface area contributed by atoms with E-state index in [1.807, 2.05) is 13.8 Å². The van der Waals surface area contributed by atoms with Gasteiger partial charge in [0.15, 0.2) is 0 Å². The quantitative estimate of drug-likeness (QED) is 0.650. The number of aryl methyl sites for hydroxylation is 1. The van der Waals surface area contributed by atoms with Crippen LogP contribution in [0.4, 0.5) is 5.95 Å². The topological polar surface area (TPSA) is 85.4 Å². The second-order valence-corrected chi connectivity index (χ2v) is 4.12. The van der Waals surface area contributed by atoms with E-state index >= 15 is 0 Å². The van der Waals surface area contributed by atoms with Crippen molar-refractivity contribution in [3.05, 3.63) is 11.8 Å². The molecule has 0 aliphatic rings. The first kappa shape index (κ1) is 16.2. The molecule has 0 saturated carbocycles. The number of ether oxygens (including phenoxy) is 2. The number of amides is 1. The Morgan fingerprint density at radius 3 is 2.85 bits per heavy atom.